The maximum atomic E-state index is 11.8. The fourth-order valence-corrected chi connectivity index (χ4v) is 2.63. The molecule has 0 atom stereocenters. The van der Waals surface area contributed by atoms with Crippen LogP contribution in [-0.4, -0.2) is 23.7 Å². The van der Waals surface area contributed by atoms with Crippen LogP contribution in [0, 0.1) is 0 Å². The lowest BCUT2D eigenvalue weighted by molar-refractivity contribution is -0.120. The van der Waals surface area contributed by atoms with Crippen LogP contribution in [-0.2, 0) is 4.79 Å². The Bertz CT molecular complexity index is 422. The van der Waals surface area contributed by atoms with Crippen molar-refractivity contribution in [2.45, 2.75) is 43.5 Å². The summed E-state index contributed by atoms with van der Waals surface area (Å²) in [4.78, 5) is 12.9. The zero-order valence-electron chi connectivity index (χ0n) is 12.5. The van der Waals surface area contributed by atoms with E-state index in [1.807, 2.05) is 38.1 Å². The fourth-order valence-electron chi connectivity index (χ4n) is 1.66. The zero-order valence-corrected chi connectivity index (χ0v) is 14.9. The van der Waals surface area contributed by atoms with E-state index >= 15 is 0 Å². The van der Waals surface area contributed by atoms with Gasteiger partial charge in [0.05, 0.1) is 0 Å². The highest BCUT2D eigenvalue weighted by Gasteiger charge is 2.20. The summed E-state index contributed by atoms with van der Waals surface area (Å²) in [5, 5.41) is 3.65. The number of benzene rings is 1. The van der Waals surface area contributed by atoms with Crippen LogP contribution < -0.4 is 11.1 Å². The first-order chi connectivity index (χ1) is 9.49. The molecule has 1 aromatic carbocycles. The molecule has 21 heavy (non-hydrogen) atoms. The largest absolute Gasteiger partial charge is 0.354 e. The van der Waals surface area contributed by atoms with Gasteiger partial charge in [-0.3, -0.25) is 4.79 Å². The standard InChI is InChI=1S/C15H23ClN2OS.ClH/c1-3-15(17,4-2)11-18-14(19)9-10-20-13-7-5-12(16)6-8-13;/h5-8H,3-4,9-11,17H2,1-2H3,(H,18,19);1H. The van der Waals surface area contributed by atoms with E-state index in [4.69, 9.17) is 17.3 Å². The van der Waals surface area contributed by atoms with Gasteiger partial charge in [0.15, 0.2) is 0 Å². The minimum absolute atomic E-state index is 0. The molecule has 0 aliphatic heterocycles. The van der Waals surface area contributed by atoms with E-state index in [1.54, 1.807) is 11.8 Å². The number of amides is 1. The Labute approximate surface area is 142 Å². The van der Waals surface area contributed by atoms with Crippen molar-refractivity contribution in [3.63, 3.8) is 0 Å². The second-order valence-corrected chi connectivity index (χ2v) is 6.50. The van der Waals surface area contributed by atoms with Crippen LogP contribution in [0.4, 0.5) is 0 Å². The molecule has 0 aliphatic rings. The summed E-state index contributed by atoms with van der Waals surface area (Å²) in [7, 11) is 0. The van der Waals surface area contributed by atoms with Gasteiger partial charge in [-0.1, -0.05) is 25.4 Å². The first-order valence-electron chi connectivity index (χ1n) is 6.93. The van der Waals surface area contributed by atoms with Crippen molar-refractivity contribution >= 4 is 41.7 Å². The monoisotopic (exact) mass is 350 g/mol. The lowest BCUT2D eigenvalue weighted by Crippen LogP contribution is -2.49. The summed E-state index contributed by atoms with van der Waals surface area (Å²) in [6.45, 7) is 4.64. The van der Waals surface area contributed by atoms with Crippen molar-refractivity contribution in [3.8, 4) is 0 Å². The van der Waals surface area contributed by atoms with Gasteiger partial charge in [0.2, 0.25) is 5.91 Å². The van der Waals surface area contributed by atoms with Crippen LogP contribution in [0.15, 0.2) is 29.2 Å². The first-order valence-corrected chi connectivity index (χ1v) is 8.29. The van der Waals surface area contributed by atoms with E-state index in [9.17, 15) is 4.79 Å². The highest BCUT2D eigenvalue weighted by atomic mass is 35.5. The van der Waals surface area contributed by atoms with Gasteiger partial charge in [-0.2, -0.15) is 0 Å². The Morgan fingerprint density at radius 1 is 1.29 bits per heavy atom. The summed E-state index contributed by atoms with van der Waals surface area (Å²) in [5.41, 5.74) is 5.87. The van der Waals surface area contributed by atoms with Crippen LogP contribution in [0.25, 0.3) is 0 Å². The van der Waals surface area contributed by atoms with Gasteiger partial charge in [-0.05, 0) is 37.1 Å². The molecule has 0 bridgehead atoms. The molecule has 0 saturated carbocycles. The third kappa shape index (κ3) is 7.96. The van der Waals surface area contributed by atoms with Crippen LogP contribution in [0.5, 0.6) is 0 Å². The third-order valence-corrected chi connectivity index (χ3v) is 4.72. The average Bonchev–Trinajstić information content (AvgIpc) is 2.47. The second-order valence-electron chi connectivity index (χ2n) is 4.90. The van der Waals surface area contributed by atoms with Crippen LogP contribution in [0.3, 0.4) is 0 Å². The van der Waals surface area contributed by atoms with E-state index < -0.39 is 0 Å². The van der Waals surface area contributed by atoms with E-state index in [0.717, 1.165) is 28.5 Å². The maximum Gasteiger partial charge on any atom is 0.220 e. The van der Waals surface area contributed by atoms with Gasteiger partial charge in [0.25, 0.3) is 0 Å². The van der Waals surface area contributed by atoms with Crippen molar-refractivity contribution in [2.75, 3.05) is 12.3 Å². The van der Waals surface area contributed by atoms with Gasteiger partial charge < -0.3 is 11.1 Å². The summed E-state index contributed by atoms with van der Waals surface area (Å²) < 4.78 is 0. The van der Waals surface area contributed by atoms with Gasteiger partial charge in [0.1, 0.15) is 0 Å². The molecule has 0 spiro atoms. The zero-order chi connectivity index (χ0) is 15.0. The number of nitrogens with two attached hydrogens (primary N) is 1. The van der Waals surface area contributed by atoms with Gasteiger partial charge in [0, 0.05) is 34.2 Å². The molecule has 0 aliphatic carbocycles. The molecule has 6 heteroatoms. The van der Waals surface area contributed by atoms with Crippen molar-refractivity contribution in [2.24, 2.45) is 5.73 Å². The minimum atomic E-state index is -0.279. The molecule has 3 N–H and O–H groups in total. The first kappa shape index (κ1) is 20.6. The quantitative estimate of drug-likeness (QED) is 0.699. The third-order valence-electron chi connectivity index (χ3n) is 3.46. The Kier molecular flexibility index (Phi) is 10.1. The number of thioether (sulfide) groups is 1. The molecule has 1 aromatic rings. The molecule has 0 radical (unpaired) electrons. The maximum absolute atomic E-state index is 11.8. The Balaban J connectivity index is 0.00000400. The van der Waals surface area contributed by atoms with Crippen molar-refractivity contribution < 1.29 is 4.79 Å². The summed E-state index contributed by atoms with van der Waals surface area (Å²) in [6.07, 6.45) is 2.23. The number of carbonyl (C=O) groups is 1. The molecular weight excluding hydrogens is 327 g/mol. The van der Waals surface area contributed by atoms with E-state index in [0.29, 0.717) is 13.0 Å². The molecule has 0 aromatic heterocycles. The van der Waals surface area contributed by atoms with Crippen LogP contribution in [0.1, 0.15) is 33.1 Å². The number of hydrogen-bond donors (Lipinski definition) is 2. The van der Waals surface area contributed by atoms with E-state index in [-0.39, 0.29) is 23.9 Å². The molecule has 120 valence electrons. The summed E-state index contributed by atoms with van der Waals surface area (Å²) >= 11 is 7.47. The number of hydrogen-bond acceptors (Lipinski definition) is 3. The van der Waals surface area contributed by atoms with Gasteiger partial charge >= 0.3 is 0 Å². The fraction of sp³-hybridized carbons (Fsp3) is 0.533. The van der Waals surface area contributed by atoms with E-state index in [2.05, 4.69) is 5.32 Å². The van der Waals surface area contributed by atoms with Crippen LogP contribution >= 0.6 is 35.8 Å². The Morgan fingerprint density at radius 3 is 2.38 bits per heavy atom. The minimum Gasteiger partial charge on any atom is -0.354 e. The summed E-state index contributed by atoms with van der Waals surface area (Å²) in [6, 6.07) is 7.64. The van der Waals surface area contributed by atoms with Crippen molar-refractivity contribution in [1.29, 1.82) is 0 Å². The number of rotatable bonds is 8. The molecule has 0 fully saturated rings. The highest BCUT2D eigenvalue weighted by Crippen LogP contribution is 2.20. The lowest BCUT2D eigenvalue weighted by Gasteiger charge is -2.26. The number of halogens is 2. The average molecular weight is 351 g/mol. The molecule has 0 saturated heterocycles. The second kappa shape index (κ2) is 10.3. The van der Waals surface area contributed by atoms with Crippen molar-refractivity contribution in [3.05, 3.63) is 29.3 Å². The molecule has 3 nitrogen and oxygen atoms in total. The summed E-state index contributed by atoms with van der Waals surface area (Å²) in [5.74, 6) is 0.812. The van der Waals surface area contributed by atoms with Gasteiger partial charge in [-0.15, -0.1) is 24.2 Å². The Hall–Kier alpha value is -0.420. The normalized spacial score (nSPS) is 10.9. The molecule has 1 amide bonds. The number of nitrogens with one attached hydrogen (secondary N) is 1. The molecule has 1 rings (SSSR count). The molecular formula is C15H24Cl2N2OS. The smallest absolute Gasteiger partial charge is 0.220 e. The van der Waals surface area contributed by atoms with E-state index in [1.165, 1.54) is 0 Å². The van der Waals surface area contributed by atoms with Gasteiger partial charge in [-0.25, -0.2) is 0 Å². The lowest BCUT2D eigenvalue weighted by atomic mass is 9.94. The Morgan fingerprint density at radius 2 is 1.86 bits per heavy atom. The SMILES string of the molecule is CCC(N)(CC)CNC(=O)CCSc1ccc(Cl)cc1.Cl. The predicted octanol–water partition coefficient (Wildman–Crippen LogP) is 3.88. The highest BCUT2D eigenvalue weighted by molar-refractivity contribution is 7.99. The predicted molar refractivity (Wildman–Crippen MR) is 94.6 cm³/mol. The molecule has 0 heterocycles. The molecule has 0 unspecified atom stereocenters. The van der Waals surface area contributed by atoms with Crippen LogP contribution in [0.2, 0.25) is 5.02 Å². The number of carbonyl (C=O) groups excluding carboxylic acids is 1. The topological polar surface area (TPSA) is 55.1 Å². The van der Waals surface area contributed by atoms with Crippen molar-refractivity contribution in [1.82, 2.24) is 5.32 Å².